The summed E-state index contributed by atoms with van der Waals surface area (Å²) in [6.07, 6.45) is 2.12. The van der Waals surface area contributed by atoms with Crippen LogP contribution < -0.4 is 11.5 Å². The molecule has 0 aliphatic rings. The molecule has 0 bridgehead atoms. The van der Waals surface area contributed by atoms with E-state index in [1.165, 1.54) is 10.5 Å². The Hall–Kier alpha value is -1.59. The smallest absolute Gasteiger partial charge is 0.237 e. The first kappa shape index (κ1) is 21.4. The lowest BCUT2D eigenvalue weighted by Crippen LogP contribution is -2.44. The van der Waals surface area contributed by atoms with Crippen molar-refractivity contribution in [3.8, 4) is 0 Å². The van der Waals surface area contributed by atoms with Crippen molar-refractivity contribution in [1.82, 2.24) is 4.90 Å². The summed E-state index contributed by atoms with van der Waals surface area (Å²) in [6.45, 7) is 5.95. The number of amides is 2. The van der Waals surface area contributed by atoms with Crippen molar-refractivity contribution in [3.63, 3.8) is 0 Å². The van der Waals surface area contributed by atoms with Crippen molar-refractivity contribution in [3.05, 3.63) is 35.4 Å². The van der Waals surface area contributed by atoms with Crippen molar-refractivity contribution >= 4 is 24.2 Å². The molecule has 0 aliphatic heterocycles. The van der Waals surface area contributed by atoms with E-state index in [2.05, 4.69) is 19.1 Å². The summed E-state index contributed by atoms with van der Waals surface area (Å²) in [4.78, 5) is 25.2. The van der Waals surface area contributed by atoms with Gasteiger partial charge < -0.3 is 16.4 Å². The minimum absolute atomic E-state index is 0. The highest BCUT2D eigenvalue weighted by Crippen LogP contribution is 2.22. The molecule has 1 aromatic rings. The Morgan fingerprint density at radius 2 is 1.74 bits per heavy atom. The molecule has 0 saturated heterocycles. The molecule has 0 aromatic heterocycles. The Labute approximate surface area is 144 Å². The highest BCUT2D eigenvalue weighted by molar-refractivity contribution is 5.85. The molecule has 6 heteroatoms. The number of rotatable bonds is 8. The van der Waals surface area contributed by atoms with Gasteiger partial charge in [-0.3, -0.25) is 9.59 Å². The first-order valence-electron chi connectivity index (χ1n) is 7.78. The zero-order valence-electron chi connectivity index (χ0n) is 14.1. The van der Waals surface area contributed by atoms with Crippen LogP contribution in [0.1, 0.15) is 44.4 Å². The number of primary amides is 1. The van der Waals surface area contributed by atoms with Gasteiger partial charge in [0, 0.05) is 12.5 Å². The van der Waals surface area contributed by atoms with Gasteiger partial charge in [0.15, 0.2) is 0 Å². The highest BCUT2D eigenvalue weighted by atomic mass is 35.5. The molecule has 2 amide bonds. The van der Waals surface area contributed by atoms with E-state index in [1.54, 1.807) is 6.92 Å². The molecule has 0 fully saturated rings. The second-order valence-corrected chi connectivity index (χ2v) is 5.74. The third-order valence-electron chi connectivity index (χ3n) is 3.85. The number of hydrogen-bond donors (Lipinski definition) is 2. The molecule has 130 valence electrons. The quantitative estimate of drug-likeness (QED) is 0.758. The maximum absolute atomic E-state index is 12.4. The van der Waals surface area contributed by atoms with E-state index in [4.69, 9.17) is 11.5 Å². The van der Waals surface area contributed by atoms with Crippen molar-refractivity contribution < 1.29 is 9.59 Å². The number of nitrogens with zero attached hydrogens (tertiary/aromatic N) is 1. The third-order valence-corrected chi connectivity index (χ3v) is 3.85. The number of benzene rings is 1. The van der Waals surface area contributed by atoms with E-state index in [9.17, 15) is 9.59 Å². The lowest BCUT2D eigenvalue weighted by atomic mass is 10.0. The molecule has 2 atom stereocenters. The molecule has 2 unspecified atom stereocenters. The van der Waals surface area contributed by atoms with Crippen molar-refractivity contribution in [2.45, 2.75) is 39.7 Å². The number of halogens is 1. The van der Waals surface area contributed by atoms with Crippen LogP contribution in [0, 0.1) is 5.92 Å². The van der Waals surface area contributed by atoms with Crippen LogP contribution in [0.3, 0.4) is 0 Å². The highest BCUT2D eigenvalue weighted by Gasteiger charge is 2.26. The van der Waals surface area contributed by atoms with Crippen LogP contribution in [0.4, 0.5) is 0 Å². The fourth-order valence-electron chi connectivity index (χ4n) is 2.39. The van der Waals surface area contributed by atoms with E-state index in [0.29, 0.717) is 0 Å². The van der Waals surface area contributed by atoms with Gasteiger partial charge in [0.25, 0.3) is 0 Å². The molecule has 0 radical (unpaired) electrons. The topological polar surface area (TPSA) is 89.4 Å². The van der Waals surface area contributed by atoms with E-state index >= 15 is 0 Å². The fourth-order valence-corrected chi connectivity index (χ4v) is 2.39. The van der Waals surface area contributed by atoms with Gasteiger partial charge in [-0.15, -0.1) is 12.4 Å². The average molecular weight is 342 g/mol. The van der Waals surface area contributed by atoms with Gasteiger partial charge in [-0.1, -0.05) is 44.5 Å². The normalized spacial score (nSPS) is 12.9. The minimum atomic E-state index is -0.521. The van der Waals surface area contributed by atoms with Crippen LogP contribution in [0.5, 0.6) is 0 Å². The van der Waals surface area contributed by atoms with Gasteiger partial charge >= 0.3 is 0 Å². The zero-order valence-corrected chi connectivity index (χ0v) is 14.9. The Kier molecular flexibility index (Phi) is 9.53. The van der Waals surface area contributed by atoms with E-state index in [0.717, 1.165) is 18.4 Å². The number of carbonyl (C=O) groups is 2. The SMILES string of the molecule is CCCc1ccc(C(C)N(CC(N)=O)C(=O)C(C)CN)cc1.Cl. The van der Waals surface area contributed by atoms with Gasteiger partial charge in [-0.2, -0.15) is 0 Å². The fraction of sp³-hybridized carbons (Fsp3) is 0.529. The molecule has 0 aliphatic carbocycles. The second kappa shape index (κ2) is 10.2. The predicted molar refractivity (Wildman–Crippen MR) is 95.2 cm³/mol. The second-order valence-electron chi connectivity index (χ2n) is 5.74. The molecular formula is C17H28ClN3O2. The summed E-state index contributed by atoms with van der Waals surface area (Å²) in [7, 11) is 0. The lowest BCUT2D eigenvalue weighted by Gasteiger charge is -2.30. The third kappa shape index (κ3) is 6.20. The molecule has 0 heterocycles. The van der Waals surface area contributed by atoms with E-state index in [1.807, 2.05) is 19.1 Å². The molecular weight excluding hydrogens is 314 g/mol. The minimum Gasteiger partial charge on any atom is -0.368 e. The monoisotopic (exact) mass is 341 g/mol. The van der Waals surface area contributed by atoms with Crippen LogP contribution in [0.25, 0.3) is 0 Å². The molecule has 1 aromatic carbocycles. The van der Waals surface area contributed by atoms with Gasteiger partial charge in [0.2, 0.25) is 11.8 Å². The summed E-state index contributed by atoms with van der Waals surface area (Å²) in [5, 5.41) is 0. The Balaban J connectivity index is 0.00000484. The van der Waals surface area contributed by atoms with Gasteiger partial charge in [-0.25, -0.2) is 0 Å². The molecule has 5 nitrogen and oxygen atoms in total. The molecule has 23 heavy (non-hydrogen) atoms. The largest absolute Gasteiger partial charge is 0.368 e. The summed E-state index contributed by atoms with van der Waals surface area (Å²) >= 11 is 0. The first-order chi connectivity index (χ1) is 10.4. The van der Waals surface area contributed by atoms with Crippen LogP contribution in [0.15, 0.2) is 24.3 Å². The molecule has 1 rings (SSSR count). The van der Waals surface area contributed by atoms with Gasteiger partial charge in [0.05, 0.1) is 12.6 Å². The predicted octanol–water partition coefficient (Wildman–Crippen LogP) is 2.03. The Morgan fingerprint density at radius 3 is 2.17 bits per heavy atom. The standard InChI is InChI=1S/C17H27N3O2.ClH/c1-4-5-14-6-8-15(9-7-14)13(3)20(11-16(19)21)17(22)12(2)10-18;/h6-9,12-13H,4-5,10-11,18H2,1-3H3,(H2,19,21);1H. The maximum atomic E-state index is 12.4. The summed E-state index contributed by atoms with van der Waals surface area (Å²) in [6, 6.07) is 7.92. The van der Waals surface area contributed by atoms with Gasteiger partial charge in [-0.05, 0) is 24.5 Å². The average Bonchev–Trinajstić information content (AvgIpc) is 2.51. The summed E-state index contributed by atoms with van der Waals surface area (Å²) in [5.74, 6) is -1.00. The number of aryl methyl sites for hydroxylation is 1. The summed E-state index contributed by atoms with van der Waals surface area (Å²) < 4.78 is 0. The number of nitrogens with two attached hydrogens (primary N) is 2. The van der Waals surface area contributed by atoms with Gasteiger partial charge in [0.1, 0.15) is 0 Å². The summed E-state index contributed by atoms with van der Waals surface area (Å²) in [5.41, 5.74) is 13.1. The van der Waals surface area contributed by atoms with E-state index < -0.39 is 5.91 Å². The number of carbonyl (C=O) groups excluding carboxylic acids is 2. The van der Waals surface area contributed by atoms with Crippen LogP contribution in [-0.4, -0.2) is 29.8 Å². The lowest BCUT2D eigenvalue weighted by molar-refractivity contribution is -0.140. The maximum Gasteiger partial charge on any atom is 0.237 e. The Bertz CT molecular complexity index is 505. The zero-order chi connectivity index (χ0) is 16.7. The van der Waals surface area contributed by atoms with Crippen molar-refractivity contribution in [2.75, 3.05) is 13.1 Å². The first-order valence-corrected chi connectivity index (χ1v) is 7.78. The number of hydrogen-bond acceptors (Lipinski definition) is 3. The van der Waals surface area contributed by atoms with Crippen LogP contribution >= 0.6 is 12.4 Å². The molecule has 4 N–H and O–H groups in total. The van der Waals surface area contributed by atoms with Crippen molar-refractivity contribution in [2.24, 2.45) is 17.4 Å². The molecule has 0 saturated carbocycles. The van der Waals surface area contributed by atoms with Crippen molar-refractivity contribution in [1.29, 1.82) is 0 Å². The van der Waals surface area contributed by atoms with Crippen LogP contribution in [-0.2, 0) is 16.0 Å². The van der Waals surface area contributed by atoms with Crippen LogP contribution in [0.2, 0.25) is 0 Å². The Morgan fingerprint density at radius 1 is 1.17 bits per heavy atom. The van der Waals surface area contributed by atoms with E-state index in [-0.39, 0.29) is 43.4 Å². The molecule has 0 spiro atoms.